The number of rotatable bonds is 5. The minimum absolute atomic E-state index is 0.298. The molecule has 0 heterocycles. The van der Waals surface area contributed by atoms with E-state index in [-0.39, 0.29) is 11.8 Å². The third kappa shape index (κ3) is 4.79. The van der Waals surface area contributed by atoms with Crippen molar-refractivity contribution in [3.8, 4) is 0 Å². The molecule has 0 saturated heterocycles. The summed E-state index contributed by atoms with van der Waals surface area (Å²) >= 11 is 1.25. The second-order valence-corrected chi connectivity index (χ2v) is 4.85. The molecule has 0 fully saturated rings. The monoisotopic (exact) mass is 269 g/mol. The van der Waals surface area contributed by atoms with Gasteiger partial charge in [-0.05, 0) is 31.2 Å². The Bertz CT molecular complexity index is 429. The van der Waals surface area contributed by atoms with Crippen molar-refractivity contribution in [2.75, 3.05) is 20.7 Å². The number of hydrogen-bond acceptors (Lipinski definition) is 4. The molecule has 0 radical (unpaired) electrons. The minimum Gasteiger partial charge on any atom is -0.462 e. The quantitative estimate of drug-likeness (QED) is 0.467. The van der Waals surface area contributed by atoms with E-state index in [1.807, 2.05) is 14.1 Å². The van der Waals surface area contributed by atoms with Crippen LogP contribution in [-0.4, -0.2) is 31.6 Å². The molecule has 5 heteroatoms. The van der Waals surface area contributed by atoms with Gasteiger partial charge in [0.25, 0.3) is 0 Å². The highest BCUT2D eigenvalue weighted by atomic mass is 32.2. The van der Waals surface area contributed by atoms with Gasteiger partial charge in [0.2, 0.25) is 0 Å². The van der Waals surface area contributed by atoms with E-state index in [9.17, 15) is 9.18 Å². The van der Waals surface area contributed by atoms with Crippen molar-refractivity contribution < 1.29 is 13.9 Å². The van der Waals surface area contributed by atoms with Gasteiger partial charge in [-0.3, -0.25) is 0 Å². The molecule has 98 valence electrons. The van der Waals surface area contributed by atoms with E-state index in [4.69, 9.17) is 4.74 Å². The molecular weight excluding hydrogens is 253 g/mol. The highest BCUT2D eigenvalue weighted by Crippen LogP contribution is 2.27. The molecule has 1 aromatic carbocycles. The second kappa shape index (κ2) is 7.06. The third-order valence-corrected chi connectivity index (χ3v) is 2.89. The summed E-state index contributed by atoms with van der Waals surface area (Å²) in [5, 5.41) is 0. The Kier molecular flexibility index (Phi) is 5.71. The third-order valence-electron chi connectivity index (χ3n) is 1.89. The fraction of sp³-hybridized carbons (Fsp3) is 0.308. The topological polar surface area (TPSA) is 29.5 Å². The van der Waals surface area contributed by atoms with Crippen LogP contribution >= 0.6 is 11.8 Å². The summed E-state index contributed by atoms with van der Waals surface area (Å²) in [5.74, 6) is -0.672. The summed E-state index contributed by atoms with van der Waals surface area (Å²) in [6.07, 6.45) is 1.69. The average Bonchev–Trinajstić information content (AvgIpc) is 2.31. The summed E-state index contributed by atoms with van der Waals surface area (Å²) in [4.78, 5) is 14.8. The summed E-state index contributed by atoms with van der Waals surface area (Å²) < 4.78 is 17.8. The van der Waals surface area contributed by atoms with Gasteiger partial charge < -0.3 is 9.64 Å². The van der Waals surface area contributed by atoms with Gasteiger partial charge in [-0.15, -0.1) is 0 Å². The van der Waals surface area contributed by atoms with Gasteiger partial charge in [0.05, 0.1) is 6.61 Å². The Balaban J connectivity index is 2.85. The molecule has 18 heavy (non-hydrogen) atoms. The maximum atomic E-state index is 12.8. The molecule has 0 aliphatic heterocycles. The fourth-order valence-electron chi connectivity index (χ4n) is 1.19. The van der Waals surface area contributed by atoms with E-state index in [0.717, 1.165) is 4.90 Å². The number of benzene rings is 1. The smallest absolute Gasteiger partial charge is 0.346 e. The van der Waals surface area contributed by atoms with E-state index >= 15 is 0 Å². The number of thioether (sulfide) groups is 1. The largest absolute Gasteiger partial charge is 0.462 e. The number of carbonyl (C=O) groups is 1. The van der Waals surface area contributed by atoms with Gasteiger partial charge in [-0.2, -0.15) is 0 Å². The molecule has 0 saturated carbocycles. The van der Waals surface area contributed by atoms with Crippen molar-refractivity contribution in [2.45, 2.75) is 11.8 Å². The van der Waals surface area contributed by atoms with Crippen LogP contribution in [0.1, 0.15) is 6.92 Å². The molecular formula is C13H16FNO2S. The average molecular weight is 269 g/mol. The van der Waals surface area contributed by atoms with Crippen LogP contribution < -0.4 is 0 Å². The van der Waals surface area contributed by atoms with Crippen molar-refractivity contribution in [1.29, 1.82) is 0 Å². The van der Waals surface area contributed by atoms with Crippen molar-refractivity contribution in [3.05, 3.63) is 41.2 Å². The summed E-state index contributed by atoms with van der Waals surface area (Å²) in [6, 6.07) is 5.98. The predicted octanol–water partition coefficient (Wildman–Crippen LogP) is 2.88. The van der Waals surface area contributed by atoms with Crippen LogP contribution in [0.2, 0.25) is 0 Å². The first-order valence-corrected chi connectivity index (χ1v) is 6.33. The Morgan fingerprint density at radius 3 is 2.50 bits per heavy atom. The zero-order chi connectivity index (χ0) is 13.5. The van der Waals surface area contributed by atoms with Crippen molar-refractivity contribution >= 4 is 17.7 Å². The zero-order valence-corrected chi connectivity index (χ0v) is 11.5. The molecule has 1 rings (SSSR count). The molecule has 0 aliphatic rings. The van der Waals surface area contributed by atoms with Gasteiger partial charge in [-0.25, -0.2) is 9.18 Å². The predicted molar refractivity (Wildman–Crippen MR) is 70.7 cm³/mol. The number of nitrogens with zero attached hydrogens (tertiary/aromatic N) is 1. The molecule has 0 aliphatic carbocycles. The van der Waals surface area contributed by atoms with Gasteiger partial charge in [0.1, 0.15) is 10.7 Å². The van der Waals surface area contributed by atoms with Crippen molar-refractivity contribution in [1.82, 2.24) is 4.90 Å². The zero-order valence-electron chi connectivity index (χ0n) is 10.6. The molecule has 1 aromatic rings. The molecule has 0 bridgehead atoms. The number of carbonyl (C=O) groups excluding carboxylic acids is 1. The SMILES string of the molecule is CCOC(=O)C(=CN(C)C)Sc1ccc(F)cc1. The lowest BCUT2D eigenvalue weighted by molar-refractivity contribution is -0.137. The molecule has 3 nitrogen and oxygen atoms in total. The van der Waals surface area contributed by atoms with Crippen molar-refractivity contribution in [3.63, 3.8) is 0 Å². The molecule has 0 aromatic heterocycles. The van der Waals surface area contributed by atoms with Crippen LogP contribution in [0, 0.1) is 5.82 Å². The molecule has 0 amide bonds. The van der Waals surface area contributed by atoms with Crippen molar-refractivity contribution in [2.24, 2.45) is 0 Å². The van der Waals surface area contributed by atoms with Gasteiger partial charge in [0, 0.05) is 25.2 Å². The summed E-state index contributed by atoms with van der Waals surface area (Å²) in [7, 11) is 3.65. The van der Waals surface area contributed by atoms with Gasteiger partial charge in [0.15, 0.2) is 0 Å². The van der Waals surface area contributed by atoms with Crippen LogP contribution in [0.15, 0.2) is 40.3 Å². The van der Waals surface area contributed by atoms with Crippen LogP contribution in [0.25, 0.3) is 0 Å². The normalized spacial score (nSPS) is 11.2. The lowest BCUT2D eigenvalue weighted by Crippen LogP contribution is -2.10. The van der Waals surface area contributed by atoms with Gasteiger partial charge >= 0.3 is 5.97 Å². The first-order valence-electron chi connectivity index (χ1n) is 5.51. The maximum absolute atomic E-state index is 12.8. The molecule has 0 spiro atoms. The van der Waals surface area contributed by atoms with E-state index in [1.54, 1.807) is 30.2 Å². The van der Waals surface area contributed by atoms with Gasteiger partial charge in [-0.1, -0.05) is 11.8 Å². The Hall–Kier alpha value is -1.49. The molecule has 0 N–H and O–H groups in total. The van der Waals surface area contributed by atoms with E-state index < -0.39 is 0 Å². The fourth-order valence-corrected chi connectivity index (χ4v) is 2.12. The van der Waals surface area contributed by atoms with Crippen LogP contribution in [0.3, 0.4) is 0 Å². The number of halogens is 1. The highest BCUT2D eigenvalue weighted by molar-refractivity contribution is 8.04. The molecule has 0 atom stereocenters. The minimum atomic E-state index is -0.375. The highest BCUT2D eigenvalue weighted by Gasteiger charge is 2.13. The first kappa shape index (κ1) is 14.6. The maximum Gasteiger partial charge on any atom is 0.346 e. The number of ether oxygens (including phenoxy) is 1. The Morgan fingerprint density at radius 1 is 1.39 bits per heavy atom. The number of esters is 1. The number of hydrogen-bond donors (Lipinski definition) is 0. The van der Waals surface area contributed by atoms with E-state index in [0.29, 0.717) is 11.5 Å². The van der Waals surface area contributed by atoms with Crippen LogP contribution in [0.5, 0.6) is 0 Å². The lowest BCUT2D eigenvalue weighted by Gasteiger charge is -2.10. The standard InChI is InChI=1S/C13H16FNO2S/c1-4-17-13(16)12(9-15(2)3)18-11-7-5-10(14)6-8-11/h5-9H,4H2,1-3H3. The van der Waals surface area contributed by atoms with Crippen LogP contribution in [-0.2, 0) is 9.53 Å². The Labute approximate surface area is 111 Å². The van der Waals surface area contributed by atoms with E-state index in [2.05, 4.69) is 0 Å². The second-order valence-electron chi connectivity index (χ2n) is 3.73. The summed E-state index contributed by atoms with van der Waals surface area (Å²) in [5.41, 5.74) is 0. The lowest BCUT2D eigenvalue weighted by atomic mass is 10.4. The van der Waals surface area contributed by atoms with E-state index in [1.165, 1.54) is 23.9 Å². The summed E-state index contributed by atoms with van der Waals surface area (Å²) in [6.45, 7) is 2.08. The van der Waals surface area contributed by atoms with Crippen LogP contribution in [0.4, 0.5) is 4.39 Å². The Morgan fingerprint density at radius 2 is 2.00 bits per heavy atom. The first-order chi connectivity index (χ1) is 8.52. The molecule has 0 unspecified atom stereocenters.